The molecule has 5 heteroatoms. The number of amides is 1. The van der Waals surface area contributed by atoms with Gasteiger partial charge in [0.25, 0.3) is 5.91 Å². The molecule has 4 nitrogen and oxygen atoms in total. The van der Waals surface area contributed by atoms with Crippen LogP contribution >= 0.6 is 11.8 Å². The Morgan fingerprint density at radius 1 is 1.05 bits per heavy atom. The van der Waals surface area contributed by atoms with Gasteiger partial charge in [-0.3, -0.25) is 4.79 Å². The summed E-state index contributed by atoms with van der Waals surface area (Å²) in [5.41, 5.74) is 0.478. The summed E-state index contributed by atoms with van der Waals surface area (Å²) in [7, 11) is 3.08. The monoisotopic (exact) mass is 317 g/mol. The highest BCUT2D eigenvalue weighted by Crippen LogP contribution is 2.30. The molecule has 2 rings (SSSR count). The lowest BCUT2D eigenvalue weighted by Gasteiger charge is -2.12. The van der Waals surface area contributed by atoms with Crippen molar-refractivity contribution in [3.8, 4) is 11.5 Å². The third-order valence-corrected chi connectivity index (χ3v) is 4.06. The maximum Gasteiger partial charge on any atom is 0.255 e. The first-order valence-corrected chi connectivity index (χ1v) is 7.92. The molecule has 0 heterocycles. The van der Waals surface area contributed by atoms with Crippen LogP contribution in [0.3, 0.4) is 0 Å². The summed E-state index contributed by atoms with van der Waals surface area (Å²) in [4.78, 5) is 13.4. The number of rotatable bonds is 7. The van der Waals surface area contributed by atoms with Crippen molar-refractivity contribution in [3.63, 3.8) is 0 Å². The minimum absolute atomic E-state index is 0.163. The van der Waals surface area contributed by atoms with E-state index < -0.39 is 0 Å². The average molecular weight is 317 g/mol. The van der Waals surface area contributed by atoms with Gasteiger partial charge in [0.05, 0.1) is 19.8 Å². The van der Waals surface area contributed by atoms with E-state index in [9.17, 15) is 4.79 Å². The summed E-state index contributed by atoms with van der Waals surface area (Å²) in [5.74, 6) is 1.65. The fraction of sp³-hybridized carbons (Fsp3) is 0.235. The normalized spacial score (nSPS) is 10.1. The van der Waals surface area contributed by atoms with Crippen molar-refractivity contribution < 1.29 is 14.3 Å². The molecule has 2 aromatic carbocycles. The molecular weight excluding hydrogens is 298 g/mol. The predicted octanol–water partition coefficient (Wildman–Crippen LogP) is 3.23. The zero-order valence-electron chi connectivity index (χ0n) is 12.7. The molecule has 22 heavy (non-hydrogen) atoms. The van der Waals surface area contributed by atoms with Gasteiger partial charge in [0.1, 0.15) is 0 Å². The average Bonchev–Trinajstić information content (AvgIpc) is 2.58. The van der Waals surface area contributed by atoms with Crippen molar-refractivity contribution >= 4 is 17.7 Å². The Bertz CT molecular complexity index is 617. The molecule has 0 fully saturated rings. The number of para-hydroxylation sites is 1. The maximum absolute atomic E-state index is 12.2. The molecule has 0 aliphatic carbocycles. The molecule has 2 aromatic rings. The van der Waals surface area contributed by atoms with E-state index in [4.69, 9.17) is 9.47 Å². The van der Waals surface area contributed by atoms with Crippen LogP contribution in [-0.2, 0) is 0 Å². The first kappa shape index (κ1) is 16.2. The van der Waals surface area contributed by atoms with Crippen molar-refractivity contribution in [1.82, 2.24) is 5.32 Å². The van der Waals surface area contributed by atoms with Crippen LogP contribution in [0, 0.1) is 0 Å². The molecule has 0 atom stereocenters. The molecule has 0 bridgehead atoms. The smallest absolute Gasteiger partial charge is 0.255 e. The fourth-order valence-corrected chi connectivity index (χ4v) is 2.80. The number of nitrogens with one attached hydrogen (secondary N) is 1. The second-order valence-corrected chi connectivity index (χ2v) is 5.63. The van der Waals surface area contributed by atoms with Crippen molar-refractivity contribution in [3.05, 3.63) is 54.1 Å². The van der Waals surface area contributed by atoms with Gasteiger partial charge in [0, 0.05) is 17.2 Å². The third-order valence-electron chi connectivity index (χ3n) is 3.05. The lowest BCUT2D eigenvalue weighted by atomic mass is 10.1. The summed E-state index contributed by atoms with van der Waals surface area (Å²) in [6, 6.07) is 15.4. The van der Waals surface area contributed by atoms with Crippen molar-refractivity contribution in [2.75, 3.05) is 26.5 Å². The van der Waals surface area contributed by atoms with Gasteiger partial charge in [-0.25, -0.2) is 0 Å². The molecule has 0 saturated heterocycles. The standard InChI is InChI=1S/C17H19NO3S/c1-20-15-10-6-9-14(16(15)21-2)17(19)18-11-12-22-13-7-4-3-5-8-13/h3-10H,11-12H2,1-2H3,(H,18,19). The van der Waals surface area contributed by atoms with E-state index in [1.54, 1.807) is 37.1 Å². The van der Waals surface area contributed by atoms with E-state index >= 15 is 0 Å². The number of carbonyl (C=O) groups excluding carboxylic acids is 1. The Labute approximate surface area is 134 Å². The van der Waals surface area contributed by atoms with E-state index in [1.165, 1.54) is 12.0 Å². The van der Waals surface area contributed by atoms with Gasteiger partial charge in [-0.15, -0.1) is 11.8 Å². The minimum atomic E-state index is -0.163. The molecule has 0 radical (unpaired) electrons. The molecule has 0 saturated carbocycles. The molecular formula is C17H19NO3S. The van der Waals surface area contributed by atoms with Crippen LogP contribution in [0.25, 0.3) is 0 Å². The largest absolute Gasteiger partial charge is 0.493 e. The first-order chi connectivity index (χ1) is 10.8. The quantitative estimate of drug-likeness (QED) is 0.629. The van der Waals surface area contributed by atoms with Crippen molar-refractivity contribution in [2.45, 2.75) is 4.90 Å². The second-order valence-electron chi connectivity index (χ2n) is 4.46. The van der Waals surface area contributed by atoms with Gasteiger partial charge in [-0.05, 0) is 24.3 Å². The van der Waals surface area contributed by atoms with Crippen LogP contribution in [0.4, 0.5) is 0 Å². The molecule has 0 aliphatic heterocycles. The highest BCUT2D eigenvalue weighted by molar-refractivity contribution is 7.99. The first-order valence-electron chi connectivity index (χ1n) is 6.93. The molecule has 116 valence electrons. The van der Waals surface area contributed by atoms with Crippen LogP contribution in [0.5, 0.6) is 11.5 Å². The SMILES string of the molecule is COc1cccc(C(=O)NCCSc2ccccc2)c1OC. The van der Waals surface area contributed by atoms with Gasteiger partial charge in [-0.1, -0.05) is 24.3 Å². The number of benzene rings is 2. The highest BCUT2D eigenvalue weighted by atomic mass is 32.2. The molecule has 0 aromatic heterocycles. The predicted molar refractivity (Wildman–Crippen MR) is 89.0 cm³/mol. The number of hydrogen-bond donors (Lipinski definition) is 1. The van der Waals surface area contributed by atoms with Crippen LogP contribution in [0.15, 0.2) is 53.4 Å². The topological polar surface area (TPSA) is 47.6 Å². The summed E-state index contributed by atoms with van der Waals surface area (Å²) in [6.07, 6.45) is 0. The molecule has 1 N–H and O–H groups in total. The van der Waals surface area contributed by atoms with Gasteiger partial charge in [0.15, 0.2) is 11.5 Å². The summed E-state index contributed by atoms with van der Waals surface area (Å²) >= 11 is 1.70. The molecule has 0 aliphatic rings. The zero-order valence-corrected chi connectivity index (χ0v) is 13.5. The number of ether oxygens (including phenoxy) is 2. The summed E-state index contributed by atoms with van der Waals surface area (Å²) in [5, 5.41) is 2.90. The highest BCUT2D eigenvalue weighted by Gasteiger charge is 2.15. The number of methoxy groups -OCH3 is 2. The lowest BCUT2D eigenvalue weighted by Crippen LogP contribution is -2.26. The van der Waals surface area contributed by atoms with Crippen LogP contribution < -0.4 is 14.8 Å². The van der Waals surface area contributed by atoms with Crippen molar-refractivity contribution in [1.29, 1.82) is 0 Å². The Morgan fingerprint density at radius 2 is 1.82 bits per heavy atom. The van der Waals surface area contributed by atoms with Crippen LogP contribution in [0.2, 0.25) is 0 Å². The van der Waals surface area contributed by atoms with E-state index in [2.05, 4.69) is 17.4 Å². The van der Waals surface area contributed by atoms with Crippen LogP contribution in [0.1, 0.15) is 10.4 Å². The molecule has 0 unspecified atom stereocenters. The summed E-state index contributed by atoms with van der Waals surface area (Å²) < 4.78 is 10.5. The van der Waals surface area contributed by atoms with E-state index in [0.29, 0.717) is 23.6 Å². The third kappa shape index (κ3) is 4.18. The Balaban J connectivity index is 1.90. The van der Waals surface area contributed by atoms with Gasteiger partial charge >= 0.3 is 0 Å². The fourth-order valence-electron chi connectivity index (χ4n) is 2.01. The van der Waals surface area contributed by atoms with Crippen LogP contribution in [-0.4, -0.2) is 32.4 Å². The molecule has 1 amide bonds. The second kappa shape index (κ2) is 8.34. The lowest BCUT2D eigenvalue weighted by molar-refractivity contribution is 0.0952. The Morgan fingerprint density at radius 3 is 2.50 bits per heavy atom. The van der Waals surface area contributed by atoms with Crippen molar-refractivity contribution in [2.24, 2.45) is 0 Å². The Kier molecular flexibility index (Phi) is 6.15. The molecule has 0 spiro atoms. The zero-order chi connectivity index (χ0) is 15.8. The van der Waals surface area contributed by atoms with E-state index in [1.807, 2.05) is 18.2 Å². The van der Waals surface area contributed by atoms with E-state index in [-0.39, 0.29) is 5.91 Å². The summed E-state index contributed by atoms with van der Waals surface area (Å²) in [6.45, 7) is 0.582. The number of hydrogen-bond acceptors (Lipinski definition) is 4. The van der Waals surface area contributed by atoms with E-state index in [0.717, 1.165) is 5.75 Å². The Hall–Kier alpha value is -2.14. The minimum Gasteiger partial charge on any atom is -0.493 e. The number of carbonyl (C=O) groups is 1. The number of thioether (sulfide) groups is 1. The van der Waals surface area contributed by atoms with Gasteiger partial charge in [0.2, 0.25) is 0 Å². The van der Waals surface area contributed by atoms with Gasteiger partial charge < -0.3 is 14.8 Å². The maximum atomic E-state index is 12.2. The van der Waals surface area contributed by atoms with Gasteiger partial charge in [-0.2, -0.15) is 0 Å².